The molecule has 0 unspecified atom stereocenters. The Morgan fingerprint density at radius 3 is 3.00 bits per heavy atom. The summed E-state index contributed by atoms with van der Waals surface area (Å²) in [4.78, 5) is 11.9. The van der Waals surface area contributed by atoms with Crippen molar-refractivity contribution in [3.63, 3.8) is 0 Å². The van der Waals surface area contributed by atoms with Crippen LogP contribution in [-0.4, -0.2) is 20.0 Å². The molecule has 18 heavy (non-hydrogen) atoms. The highest BCUT2D eigenvalue weighted by Crippen LogP contribution is 2.16. The first kappa shape index (κ1) is 12.6. The van der Waals surface area contributed by atoms with Crippen LogP contribution in [0.3, 0.4) is 0 Å². The fourth-order valence-electron chi connectivity index (χ4n) is 1.53. The minimum absolute atomic E-state index is 0.168. The Labute approximate surface area is 109 Å². The highest BCUT2D eigenvalue weighted by atomic mass is 35.5. The Bertz CT molecular complexity index is 563. The van der Waals surface area contributed by atoms with Gasteiger partial charge in [0.25, 0.3) is 5.56 Å². The summed E-state index contributed by atoms with van der Waals surface area (Å²) in [6.45, 7) is 3.09. The van der Waals surface area contributed by atoms with E-state index in [4.69, 9.17) is 11.6 Å². The lowest BCUT2D eigenvalue weighted by Crippen LogP contribution is -2.24. The van der Waals surface area contributed by atoms with Gasteiger partial charge < -0.3 is 5.32 Å². The van der Waals surface area contributed by atoms with Gasteiger partial charge in [-0.25, -0.2) is 4.68 Å². The maximum Gasteiger partial charge on any atom is 0.287 e. The Hall–Kier alpha value is -1.82. The second-order valence-electron chi connectivity index (χ2n) is 3.86. The third-order valence-corrected chi connectivity index (χ3v) is 2.82. The predicted octanol–water partition coefficient (Wildman–Crippen LogP) is 1.64. The first-order valence-electron chi connectivity index (χ1n) is 5.69. The fraction of sp³-hybridized carbons (Fsp3) is 0.364. The van der Waals surface area contributed by atoms with Crippen LogP contribution in [0.5, 0.6) is 0 Å². The molecule has 0 radical (unpaired) electrons. The molecule has 0 spiro atoms. The van der Waals surface area contributed by atoms with Crippen LogP contribution in [-0.2, 0) is 13.1 Å². The number of hydrogen-bond acceptors (Lipinski definition) is 4. The Morgan fingerprint density at radius 2 is 2.33 bits per heavy atom. The number of halogens is 1. The molecule has 2 rings (SSSR count). The number of aromatic amines is 1. The molecule has 7 heteroatoms. The maximum atomic E-state index is 11.9. The highest BCUT2D eigenvalue weighted by molar-refractivity contribution is 6.32. The van der Waals surface area contributed by atoms with Gasteiger partial charge in [-0.3, -0.25) is 9.89 Å². The van der Waals surface area contributed by atoms with Gasteiger partial charge in [-0.2, -0.15) is 10.2 Å². The molecular weight excluding hydrogens is 254 g/mol. The minimum Gasteiger partial charge on any atom is -0.378 e. The van der Waals surface area contributed by atoms with E-state index in [0.717, 1.165) is 12.0 Å². The lowest BCUT2D eigenvalue weighted by Gasteiger charge is -2.08. The molecule has 0 aromatic carbocycles. The quantitative estimate of drug-likeness (QED) is 0.864. The van der Waals surface area contributed by atoms with Crippen molar-refractivity contribution >= 4 is 17.3 Å². The summed E-state index contributed by atoms with van der Waals surface area (Å²) in [5.74, 6) is 0. The van der Waals surface area contributed by atoms with Crippen molar-refractivity contribution in [2.75, 3.05) is 5.32 Å². The second-order valence-corrected chi connectivity index (χ2v) is 4.24. The molecule has 6 nitrogen and oxygen atoms in total. The number of H-pyrrole nitrogens is 1. The predicted molar refractivity (Wildman–Crippen MR) is 69.7 cm³/mol. The zero-order valence-corrected chi connectivity index (χ0v) is 10.7. The average molecular weight is 268 g/mol. The van der Waals surface area contributed by atoms with E-state index in [1.54, 1.807) is 18.6 Å². The molecule has 2 aromatic heterocycles. The lowest BCUT2D eigenvalue weighted by molar-refractivity contribution is 0.568. The summed E-state index contributed by atoms with van der Waals surface area (Å²) in [6.07, 6.45) is 5.88. The number of aryl methyl sites for hydroxylation is 1. The maximum absolute atomic E-state index is 11.9. The fourth-order valence-corrected chi connectivity index (χ4v) is 1.74. The van der Waals surface area contributed by atoms with Crippen LogP contribution >= 0.6 is 11.6 Å². The van der Waals surface area contributed by atoms with Crippen LogP contribution < -0.4 is 10.9 Å². The van der Waals surface area contributed by atoms with Crippen LogP contribution in [0, 0.1) is 0 Å². The van der Waals surface area contributed by atoms with Gasteiger partial charge in [0.05, 0.1) is 18.1 Å². The molecule has 0 amide bonds. The number of hydrogen-bond donors (Lipinski definition) is 2. The molecule has 2 heterocycles. The Morgan fingerprint density at radius 1 is 1.50 bits per heavy atom. The van der Waals surface area contributed by atoms with Crippen LogP contribution in [0.15, 0.2) is 23.4 Å². The van der Waals surface area contributed by atoms with Crippen molar-refractivity contribution in [1.82, 2.24) is 20.0 Å². The van der Waals surface area contributed by atoms with Crippen molar-refractivity contribution < 1.29 is 0 Å². The van der Waals surface area contributed by atoms with Gasteiger partial charge in [-0.1, -0.05) is 18.5 Å². The zero-order valence-electron chi connectivity index (χ0n) is 9.98. The molecule has 0 aliphatic carbocycles. The molecule has 0 saturated heterocycles. The topological polar surface area (TPSA) is 75.6 Å². The van der Waals surface area contributed by atoms with Gasteiger partial charge in [0.1, 0.15) is 5.02 Å². The molecule has 0 bridgehead atoms. The smallest absolute Gasteiger partial charge is 0.287 e. The van der Waals surface area contributed by atoms with Crippen LogP contribution in [0.2, 0.25) is 5.02 Å². The van der Waals surface area contributed by atoms with E-state index >= 15 is 0 Å². The molecule has 2 aromatic rings. The monoisotopic (exact) mass is 267 g/mol. The normalized spacial score (nSPS) is 10.6. The molecule has 2 N–H and O–H groups in total. The van der Waals surface area contributed by atoms with E-state index in [1.807, 2.05) is 6.92 Å². The third-order valence-electron chi connectivity index (χ3n) is 2.46. The molecule has 0 saturated carbocycles. The van der Waals surface area contributed by atoms with E-state index < -0.39 is 0 Å². The van der Waals surface area contributed by atoms with E-state index in [-0.39, 0.29) is 10.6 Å². The molecule has 96 valence electrons. The summed E-state index contributed by atoms with van der Waals surface area (Å²) in [7, 11) is 0. The summed E-state index contributed by atoms with van der Waals surface area (Å²) in [5.41, 5.74) is 1.25. The summed E-state index contributed by atoms with van der Waals surface area (Å²) in [6, 6.07) is 0. The van der Waals surface area contributed by atoms with Crippen molar-refractivity contribution in [3.05, 3.63) is 39.5 Å². The summed E-state index contributed by atoms with van der Waals surface area (Å²) in [5, 5.41) is 13.8. The largest absolute Gasteiger partial charge is 0.378 e. The Kier molecular flexibility index (Phi) is 3.99. The lowest BCUT2D eigenvalue weighted by atomic mass is 10.3. The molecule has 0 atom stereocenters. The standard InChI is InChI=1S/C11H14ClN5O/c1-2-3-17-11(18)10(12)9(7-16-17)13-4-8-5-14-15-6-8/h5-7,13H,2-4H2,1H3,(H,14,15). The van der Waals surface area contributed by atoms with E-state index in [0.29, 0.717) is 18.8 Å². The number of nitrogens with one attached hydrogen (secondary N) is 2. The molecular formula is C11H14ClN5O. The van der Waals surface area contributed by atoms with E-state index in [1.165, 1.54) is 4.68 Å². The van der Waals surface area contributed by atoms with Crippen molar-refractivity contribution in [2.45, 2.75) is 26.4 Å². The van der Waals surface area contributed by atoms with Gasteiger partial charge in [0.2, 0.25) is 0 Å². The minimum atomic E-state index is -0.268. The van der Waals surface area contributed by atoms with Gasteiger partial charge in [0, 0.05) is 24.8 Å². The number of nitrogens with zero attached hydrogens (tertiary/aromatic N) is 3. The van der Waals surface area contributed by atoms with Crippen molar-refractivity contribution in [1.29, 1.82) is 0 Å². The Balaban J connectivity index is 2.14. The summed E-state index contributed by atoms with van der Waals surface area (Å²) < 4.78 is 1.37. The molecule has 0 aliphatic heterocycles. The van der Waals surface area contributed by atoms with Crippen LogP contribution in [0.4, 0.5) is 5.69 Å². The zero-order chi connectivity index (χ0) is 13.0. The SMILES string of the molecule is CCCn1ncc(NCc2cn[nH]c2)c(Cl)c1=O. The molecule has 0 fully saturated rings. The second kappa shape index (κ2) is 5.68. The number of rotatable bonds is 5. The van der Waals surface area contributed by atoms with Crippen molar-refractivity contribution in [3.8, 4) is 0 Å². The van der Waals surface area contributed by atoms with E-state index in [2.05, 4.69) is 20.6 Å². The van der Waals surface area contributed by atoms with Crippen LogP contribution in [0.25, 0.3) is 0 Å². The molecule has 0 aliphatic rings. The van der Waals surface area contributed by atoms with Crippen molar-refractivity contribution in [2.24, 2.45) is 0 Å². The summed E-state index contributed by atoms with van der Waals surface area (Å²) >= 11 is 6.02. The van der Waals surface area contributed by atoms with Gasteiger partial charge in [-0.15, -0.1) is 0 Å². The average Bonchev–Trinajstić information content (AvgIpc) is 2.87. The highest BCUT2D eigenvalue weighted by Gasteiger charge is 2.08. The first-order valence-corrected chi connectivity index (χ1v) is 6.07. The first-order chi connectivity index (χ1) is 8.72. The number of anilines is 1. The third kappa shape index (κ3) is 2.70. The van der Waals surface area contributed by atoms with Crippen LogP contribution in [0.1, 0.15) is 18.9 Å². The number of aromatic nitrogens is 4. The van der Waals surface area contributed by atoms with E-state index in [9.17, 15) is 4.79 Å². The van der Waals surface area contributed by atoms with Gasteiger partial charge in [-0.05, 0) is 6.42 Å². The van der Waals surface area contributed by atoms with Gasteiger partial charge >= 0.3 is 0 Å². The van der Waals surface area contributed by atoms with Gasteiger partial charge in [0.15, 0.2) is 0 Å².